The third kappa shape index (κ3) is 5.45. The van der Waals surface area contributed by atoms with E-state index in [0.29, 0.717) is 0 Å². The molecule has 1 spiro atoms. The van der Waals surface area contributed by atoms with Gasteiger partial charge in [0.25, 0.3) is 0 Å². The predicted molar refractivity (Wildman–Crippen MR) is 268 cm³/mol. The van der Waals surface area contributed by atoms with Gasteiger partial charge in [0.05, 0.1) is 28.2 Å². The van der Waals surface area contributed by atoms with Crippen molar-refractivity contribution in [3.8, 4) is 33.4 Å². The number of hydrogen-bond donors (Lipinski definition) is 0. The number of rotatable bonds is 4. The Hall–Kier alpha value is -7.42. The van der Waals surface area contributed by atoms with Crippen LogP contribution in [0.5, 0.6) is 0 Å². The number of nitrogens with zero attached hydrogens (tertiary/aromatic N) is 2. The van der Waals surface area contributed by atoms with Crippen molar-refractivity contribution in [2.75, 3.05) is 9.80 Å². The van der Waals surface area contributed by atoms with E-state index < -0.39 is 5.41 Å². The lowest BCUT2D eigenvalue weighted by Crippen LogP contribution is -2.42. The standard InChI is InChI=1S/C62H50N2/c1-60(2,3)44-34-39-58-54(40-44)62(53-26-13-16-29-57(53)64(58)45-35-30-42(31-36-45)41-18-7-6-8-19-41)51-24-11-14-27-55(51)63(56-28-15-12-25-52(56)62)46-37-32-43(33-38-46)47-21-17-22-49-48-20-9-10-23-50(48)61(4,5)59(47)49/h6-40H,1-5H3. The molecule has 2 heteroatoms. The van der Waals surface area contributed by atoms with Crippen LogP contribution < -0.4 is 9.80 Å². The Morgan fingerprint density at radius 2 is 0.781 bits per heavy atom. The molecule has 1 aliphatic carbocycles. The van der Waals surface area contributed by atoms with Gasteiger partial charge in [-0.25, -0.2) is 0 Å². The van der Waals surface area contributed by atoms with E-state index in [0.717, 1.165) is 11.4 Å². The fraction of sp³-hybridized carbons (Fsp3) is 0.129. The molecule has 0 fully saturated rings. The highest BCUT2D eigenvalue weighted by atomic mass is 15.2. The first kappa shape index (κ1) is 38.3. The highest BCUT2D eigenvalue weighted by Crippen LogP contribution is 2.64. The van der Waals surface area contributed by atoms with E-state index in [4.69, 9.17) is 0 Å². The van der Waals surface area contributed by atoms with Crippen LogP contribution >= 0.6 is 0 Å². The maximum absolute atomic E-state index is 2.52. The summed E-state index contributed by atoms with van der Waals surface area (Å²) in [5, 5.41) is 0. The fourth-order valence-corrected chi connectivity index (χ4v) is 11.5. The van der Waals surface area contributed by atoms with E-state index in [1.807, 2.05) is 0 Å². The summed E-state index contributed by atoms with van der Waals surface area (Å²) in [6, 6.07) is 79.5. The van der Waals surface area contributed by atoms with Gasteiger partial charge in [-0.05, 0) is 126 Å². The molecule has 0 saturated heterocycles. The second-order valence-corrected chi connectivity index (χ2v) is 19.3. The van der Waals surface area contributed by atoms with Crippen LogP contribution in [0.15, 0.2) is 212 Å². The van der Waals surface area contributed by atoms with E-state index in [9.17, 15) is 0 Å². The average molecular weight is 823 g/mol. The van der Waals surface area contributed by atoms with Gasteiger partial charge >= 0.3 is 0 Å². The minimum absolute atomic E-state index is 0.0618. The lowest BCUT2D eigenvalue weighted by atomic mass is 9.59. The van der Waals surface area contributed by atoms with Crippen molar-refractivity contribution < 1.29 is 0 Å². The SMILES string of the molecule is CC(C)(C)c1ccc2c(c1)C1(c3ccccc3N(c3ccc(-c4cccc5c4C(C)(C)c4ccccc4-5)cc3)c3ccccc31)c1ccccc1N2c1ccc(-c2ccccc2)cc1. The molecule has 0 aromatic heterocycles. The van der Waals surface area contributed by atoms with Gasteiger partial charge in [-0.1, -0.05) is 198 Å². The van der Waals surface area contributed by atoms with Crippen molar-refractivity contribution >= 4 is 34.1 Å². The summed E-state index contributed by atoms with van der Waals surface area (Å²) < 4.78 is 0. The van der Waals surface area contributed by atoms with Gasteiger partial charge in [-0.3, -0.25) is 0 Å². The number of fused-ring (bicyclic) bond motifs is 11. The van der Waals surface area contributed by atoms with Crippen LogP contribution in [-0.4, -0.2) is 0 Å². The molecule has 0 saturated carbocycles. The number of anilines is 6. The van der Waals surface area contributed by atoms with Crippen molar-refractivity contribution in [2.45, 2.75) is 50.9 Å². The minimum Gasteiger partial charge on any atom is -0.310 e. The smallest absolute Gasteiger partial charge is 0.0783 e. The second-order valence-electron chi connectivity index (χ2n) is 19.3. The first-order valence-electron chi connectivity index (χ1n) is 22.7. The van der Waals surface area contributed by atoms with Crippen LogP contribution in [0.25, 0.3) is 33.4 Å². The molecule has 2 nitrogen and oxygen atoms in total. The number of para-hydroxylation sites is 3. The Bertz CT molecular complexity index is 3230. The molecule has 0 N–H and O–H groups in total. The van der Waals surface area contributed by atoms with E-state index in [1.165, 1.54) is 95.1 Å². The number of hydrogen-bond acceptors (Lipinski definition) is 2. The third-order valence-electron chi connectivity index (χ3n) is 14.4. The molecule has 2 aliphatic heterocycles. The van der Waals surface area contributed by atoms with Crippen LogP contribution in [0.3, 0.4) is 0 Å². The monoisotopic (exact) mass is 822 g/mol. The average Bonchev–Trinajstić information content (AvgIpc) is 3.57. The molecule has 0 unspecified atom stereocenters. The highest BCUT2D eigenvalue weighted by Gasteiger charge is 2.52. The molecule has 0 radical (unpaired) electrons. The van der Waals surface area contributed by atoms with Gasteiger partial charge < -0.3 is 9.80 Å². The molecule has 308 valence electrons. The molecular formula is C62H50N2. The lowest BCUT2D eigenvalue weighted by molar-refractivity contribution is 0.586. The third-order valence-corrected chi connectivity index (χ3v) is 14.4. The van der Waals surface area contributed by atoms with Gasteiger partial charge in [0.15, 0.2) is 0 Å². The topological polar surface area (TPSA) is 6.48 Å². The Kier molecular flexibility index (Phi) is 8.40. The first-order valence-corrected chi connectivity index (χ1v) is 22.7. The van der Waals surface area contributed by atoms with Gasteiger partial charge in [-0.15, -0.1) is 0 Å². The molecule has 12 rings (SSSR count). The zero-order chi connectivity index (χ0) is 43.4. The molecule has 64 heavy (non-hydrogen) atoms. The predicted octanol–water partition coefficient (Wildman–Crippen LogP) is 16.6. The highest BCUT2D eigenvalue weighted by molar-refractivity contribution is 5.97. The van der Waals surface area contributed by atoms with Crippen LogP contribution in [0.1, 0.15) is 73.6 Å². The molecule has 0 amide bonds. The maximum atomic E-state index is 2.52. The zero-order valence-electron chi connectivity index (χ0n) is 37.1. The van der Waals surface area contributed by atoms with Crippen LogP contribution in [0.2, 0.25) is 0 Å². The summed E-state index contributed by atoms with van der Waals surface area (Å²) in [6.45, 7) is 11.7. The van der Waals surface area contributed by atoms with Gasteiger partial charge in [0, 0.05) is 16.8 Å². The Morgan fingerprint density at radius 1 is 0.344 bits per heavy atom. The van der Waals surface area contributed by atoms with Crippen molar-refractivity contribution in [2.24, 2.45) is 0 Å². The van der Waals surface area contributed by atoms with Crippen molar-refractivity contribution in [1.82, 2.24) is 0 Å². The van der Waals surface area contributed by atoms with E-state index >= 15 is 0 Å². The summed E-state index contributed by atoms with van der Waals surface area (Å²) in [5.74, 6) is 0. The Labute approximate surface area is 377 Å². The van der Waals surface area contributed by atoms with Crippen LogP contribution in [-0.2, 0) is 16.2 Å². The van der Waals surface area contributed by atoms with Crippen LogP contribution in [0, 0.1) is 0 Å². The molecule has 3 aliphatic rings. The molecule has 0 atom stereocenters. The Morgan fingerprint density at radius 3 is 1.34 bits per heavy atom. The van der Waals surface area contributed by atoms with Crippen molar-refractivity contribution in [3.05, 3.63) is 251 Å². The molecule has 9 aromatic rings. The van der Waals surface area contributed by atoms with E-state index in [-0.39, 0.29) is 10.8 Å². The maximum Gasteiger partial charge on any atom is 0.0783 e. The normalized spacial score (nSPS) is 14.8. The van der Waals surface area contributed by atoms with Gasteiger partial charge in [0.2, 0.25) is 0 Å². The minimum atomic E-state index is -0.609. The summed E-state index contributed by atoms with van der Waals surface area (Å²) in [6.07, 6.45) is 0. The van der Waals surface area contributed by atoms with Crippen LogP contribution in [0.4, 0.5) is 34.1 Å². The van der Waals surface area contributed by atoms with Gasteiger partial charge in [-0.2, -0.15) is 0 Å². The van der Waals surface area contributed by atoms with Crippen molar-refractivity contribution in [3.63, 3.8) is 0 Å². The second kappa shape index (κ2) is 14.0. The van der Waals surface area contributed by atoms with E-state index in [2.05, 4.69) is 257 Å². The summed E-state index contributed by atoms with van der Waals surface area (Å²) in [7, 11) is 0. The lowest BCUT2D eigenvalue weighted by Gasteiger charge is -2.51. The van der Waals surface area contributed by atoms with E-state index in [1.54, 1.807) is 0 Å². The summed E-state index contributed by atoms with van der Waals surface area (Å²) in [4.78, 5) is 4.99. The molecule has 2 heterocycles. The molecule has 9 aromatic carbocycles. The van der Waals surface area contributed by atoms with Crippen molar-refractivity contribution in [1.29, 1.82) is 0 Å². The zero-order valence-corrected chi connectivity index (χ0v) is 37.1. The largest absolute Gasteiger partial charge is 0.310 e. The first-order chi connectivity index (χ1) is 31.2. The molecule has 0 bridgehead atoms. The summed E-state index contributed by atoms with van der Waals surface area (Å²) >= 11 is 0. The Balaban J connectivity index is 1.05. The quantitative estimate of drug-likeness (QED) is 0.174. The molecular weight excluding hydrogens is 773 g/mol. The fourth-order valence-electron chi connectivity index (χ4n) is 11.5. The van der Waals surface area contributed by atoms with Gasteiger partial charge in [0.1, 0.15) is 0 Å². The summed E-state index contributed by atoms with van der Waals surface area (Å²) in [5.41, 5.74) is 23.2. The number of benzene rings is 9.